The number of rotatable bonds is 4. The molecule has 0 atom stereocenters. The second-order valence-electron chi connectivity index (χ2n) is 6.09. The fourth-order valence-electron chi connectivity index (χ4n) is 2.90. The number of aromatic hydroxyl groups is 1. The van der Waals surface area contributed by atoms with Crippen LogP contribution >= 0.6 is 38.9 Å². The second-order valence-corrected chi connectivity index (χ2v) is 8.32. The van der Waals surface area contributed by atoms with Gasteiger partial charge >= 0.3 is 4.87 Å². The van der Waals surface area contributed by atoms with E-state index in [0.717, 1.165) is 4.57 Å². The summed E-state index contributed by atoms with van der Waals surface area (Å²) < 4.78 is 1.59. The molecule has 0 bridgehead atoms. The number of benzene rings is 2. The van der Waals surface area contributed by atoms with Crippen LogP contribution in [0.4, 0.5) is 5.69 Å². The Bertz CT molecular complexity index is 1360. The lowest BCUT2D eigenvalue weighted by Crippen LogP contribution is -2.24. The number of thiazole rings is 1. The van der Waals surface area contributed by atoms with Gasteiger partial charge in [0, 0.05) is 15.4 Å². The molecule has 0 saturated carbocycles. The van der Waals surface area contributed by atoms with Crippen LogP contribution in [-0.2, 0) is 16.1 Å². The Kier molecular flexibility index (Phi) is 5.12. The summed E-state index contributed by atoms with van der Waals surface area (Å²) in [4.78, 5) is 40.5. The molecule has 2 aromatic carbocycles. The Morgan fingerprint density at radius 1 is 1.24 bits per heavy atom. The van der Waals surface area contributed by atoms with Gasteiger partial charge in [-0.05, 0) is 40.2 Å². The Morgan fingerprint density at radius 2 is 2.00 bits per heavy atom. The molecule has 10 heteroatoms. The summed E-state index contributed by atoms with van der Waals surface area (Å²) >= 11 is 9.95. The monoisotopic (exact) mass is 491 g/mol. The lowest BCUT2D eigenvalue weighted by atomic mass is 10.1. The molecule has 146 valence electrons. The minimum Gasteiger partial charge on any atom is -0.493 e. The van der Waals surface area contributed by atoms with E-state index in [0.29, 0.717) is 37.1 Å². The highest BCUT2D eigenvalue weighted by Gasteiger charge is 2.26. The zero-order valence-electron chi connectivity index (χ0n) is 14.5. The van der Waals surface area contributed by atoms with E-state index >= 15 is 0 Å². The van der Waals surface area contributed by atoms with Crippen LogP contribution in [0, 0.1) is 0 Å². The number of para-hydroxylation sites is 1. The summed E-state index contributed by atoms with van der Waals surface area (Å²) in [7, 11) is 0. The van der Waals surface area contributed by atoms with Gasteiger partial charge in [-0.25, -0.2) is 4.99 Å². The third kappa shape index (κ3) is 3.64. The van der Waals surface area contributed by atoms with Crippen molar-refractivity contribution in [1.82, 2.24) is 4.57 Å². The van der Waals surface area contributed by atoms with Crippen molar-refractivity contribution < 1.29 is 14.7 Å². The molecule has 29 heavy (non-hydrogen) atoms. The van der Waals surface area contributed by atoms with Crippen molar-refractivity contribution in [2.24, 2.45) is 4.99 Å². The van der Waals surface area contributed by atoms with Crippen LogP contribution in [0.5, 0.6) is 5.88 Å². The van der Waals surface area contributed by atoms with E-state index in [1.807, 2.05) is 0 Å². The molecule has 0 unspecified atom stereocenters. The van der Waals surface area contributed by atoms with E-state index in [1.165, 1.54) is 0 Å². The molecule has 2 heterocycles. The molecule has 1 aromatic heterocycles. The number of carbonyl (C=O) groups excluding carboxylic acids is 2. The highest BCUT2D eigenvalue weighted by Crippen LogP contribution is 2.28. The van der Waals surface area contributed by atoms with Gasteiger partial charge in [0.1, 0.15) is 11.4 Å². The predicted molar refractivity (Wildman–Crippen MR) is 113 cm³/mol. The number of anilines is 1. The van der Waals surface area contributed by atoms with Gasteiger partial charge in [-0.15, -0.1) is 0 Å². The topological polar surface area (TPSA) is 101 Å². The lowest BCUT2D eigenvalue weighted by molar-refractivity contribution is -0.117. The third-order valence-electron chi connectivity index (χ3n) is 4.21. The molecule has 0 fully saturated rings. The third-order valence-corrected chi connectivity index (χ3v) is 6.43. The minimum atomic E-state index is -0.564. The van der Waals surface area contributed by atoms with Gasteiger partial charge in [-0.2, -0.15) is 0 Å². The van der Waals surface area contributed by atoms with Crippen LogP contribution in [-0.4, -0.2) is 21.5 Å². The highest BCUT2D eigenvalue weighted by atomic mass is 79.9. The van der Waals surface area contributed by atoms with E-state index in [2.05, 4.69) is 26.2 Å². The minimum absolute atomic E-state index is 0.0909. The number of nitrogens with one attached hydrogen (secondary N) is 1. The van der Waals surface area contributed by atoms with Crippen molar-refractivity contribution in [3.8, 4) is 5.88 Å². The van der Waals surface area contributed by atoms with Crippen LogP contribution in [0.2, 0.25) is 5.02 Å². The molecule has 0 radical (unpaired) electrons. The summed E-state index contributed by atoms with van der Waals surface area (Å²) in [5.41, 5.74) is 0.596. The summed E-state index contributed by atoms with van der Waals surface area (Å²) in [5, 5.41) is 14.6. The molecule has 1 aliphatic rings. The van der Waals surface area contributed by atoms with Crippen molar-refractivity contribution in [2.75, 3.05) is 5.32 Å². The van der Waals surface area contributed by atoms with Crippen molar-refractivity contribution in [1.29, 1.82) is 0 Å². The van der Waals surface area contributed by atoms with Gasteiger partial charge in [0.05, 0.1) is 16.0 Å². The number of nitrogens with zero attached hydrogens (tertiary/aromatic N) is 2. The van der Waals surface area contributed by atoms with Crippen LogP contribution in [0.25, 0.3) is 5.57 Å². The van der Waals surface area contributed by atoms with Crippen LogP contribution in [0.1, 0.15) is 4.88 Å². The molecule has 0 saturated heterocycles. The zero-order chi connectivity index (χ0) is 20.7. The first kappa shape index (κ1) is 19.6. The molecular formula is C19H11BrClN3O4S. The van der Waals surface area contributed by atoms with Crippen molar-refractivity contribution in [3.63, 3.8) is 0 Å². The quantitative estimate of drug-likeness (QED) is 0.582. The Labute approximate surface area is 180 Å². The zero-order valence-corrected chi connectivity index (χ0v) is 17.6. The molecule has 2 N–H and O–H groups in total. The number of aromatic nitrogens is 1. The Hall–Kier alpha value is -2.75. The molecule has 7 nitrogen and oxygen atoms in total. The molecule has 0 aliphatic carbocycles. The van der Waals surface area contributed by atoms with Gasteiger partial charge < -0.3 is 10.4 Å². The maximum atomic E-state index is 12.4. The molecule has 4 rings (SSSR count). The van der Waals surface area contributed by atoms with Crippen LogP contribution in [0.15, 0.2) is 56.7 Å². The number of hydrogen-bond acceptors (Lipinski definition) is 5. The average molecular weight is 493 g/mol. The van der Waals surface area contributed by atoms with E-state index in [-0.39, 0.29) is 10.5 Å². The van der Waals surface area contributed by atoms with Gasteiger partial charge in [-0.3, -0.25) is 19.0 Å². The van der Waals surface area contributed by atoms with Gasteiger partial charge in [0.15, 0.2) is 0 Å². The van der Waals surface area contributed by atoms with E-state index in [4.69, 9.17) is 11.6 Å². The Morgan fingerprint density at radius 3 is 2.76 bits per heavy atom. The molecule has 1 aliphatic heterocycles. The maximum Gasteiger partial charge on any atom is 0.311 e. The number of fused-ring (bicyclic) bond motifs is 1. The number of halogens is 2. The summed E-state index contributed by atoms with van der Waals surface area (Å²) in [6.45, 7) is -0.422. The van der Waals surface area contributed by atoms with Crippen molar-refractivity contribution in [2.45, 2.75) is 6.54 Å². The average Bonchev–Trinajstić information content (AvgIpc) is 3.14. The van der Waals surface area contributed by atoms with Gasteiger partial charge in [-0.1, -0.05) is 41.1 Å². The Balaban J connectivity index is 1.66. The first-order chi connectivity index (χ1) is 13.8. The molecule has 2 amide bonds. The number of hydrogen-bond donors (Lipinski definition) is 2. The number of amides is 2. The summed E-state index contributed by atoms with van der Waals surface area (Å²) in [6.07, 6.45) is 0. The molecule has 3 aromatic rings. The first-order valence-corrected chi connectivity index (χ1v) is 10.2. The van der Waals surface area contributed by atoms with Gasteiger partial charge in [0.25, 0.3) is 5.91 Å². The summed E-state index contributed by atoms with van der Waals surface area (Å²) in [6, 6.07) is 11.7. The summed E-state index contributed by atoms with van der Waals surface area (Å²) in [5.74, 6) is -1.51. The SMILES string of the molecule is O=C(Cn1c(O)c(C2=c3ccccc3=NC2=O)sc1=O)Nc1ccc(Br)c(Cl)c1. The molecule has 0 spiro atoms. The second kappa shape index (κ2) is 7.58. The van der Waals surface area contributed by atoms with Gasteiger partial charge in [0.2, 0.25) is 11.8 Å². The van der Waals surface area contributed by atoms with E-state index < -0.39 is 29.1 Å². The highest BCUT2D eigenvalue weighted by molar-refractivity contribution is 9.10. The van der Waals surface area contributed by atoms with Crippen LogP contribution < -0.4 is 20.8 Å². The standard InChI is InChI=1S/C19H11BrClN3O4S/c20-11-6-5-9(7-12(11)21)22-14(25)8-24-18(27)16(29-19(24)28)15-10-3-1-2-4-13(10)23-17(15)26/h1-7,27H,8H2,(H,22,25). The predicted octanol–water partition coefficient (Wildman–Crippen LogP) is 2.03. The number of carbonyl (C=O) groups is 2. The van der Waals surface area contributed by atoms with E-state index in [9.17, 15) is 19.5 Å². The van der Waals surface area contributed by atoms with E-state index in [1.54, 1.807) is 42.5 Å². The smallest absolute Gasteiger partial charge is 0.311 e. The fourth-order valence-corrected chi connectivity index (χ4v) is 4.26. The van der Waals surface area contributed by atoms with Crippen molar-refractivity contribution >= 4 is 61.9 Å². The molecular weight excluding hydrogens is 482 g/mol. The fraction of sp³-hybridized carbons (Fsp3) is 0.0526. The lowest BCUT2D eigenvalue weighted by Gasteiger charge is -2.07. The largest absolute Gasteiger partial charge is 0.493 e. The van der Waals surface area contributed by atoms with Crippen molar-refractivity contribution in [3.05, 3.63) is 77.1 Å². The first-order valence-electron chi connectivity index (χ1n) is 8.25. The normalized spacial score (nSPS) is 12.6. The maximum absolute atomic E-state index is 12.4. The van der Waals surface area contributed by atoms with Crippen LogP contribution in [0.3, 0.4) is 0 Å².